The highest BCUT2D eigenvalue weighted by Gasteiger charge is 2.13. The second-order valence-electron chi connectivity index (χ2n) is 4.94. The topological polar surface area (TPSA) is 39.7 Å². The van der Waals surface area contributed by atoms with Gasteiger partial charge in [-0.05, 0) is 32.9 Å². The molecule has 0 aliphatic rings. The van der Waals surface area contributed by atoms with Gasteiger partial charge in [-0.2, -0.15) is 0 Å². The molecule has 2 atom stereocenters. The maximum atomic E-state index is 5.89. The molecule has 114 valence electrons. The number of hydrogen-bond acceptors (Lipinski definition) is 4. The van der Waals surface area contributed by atoms with Crippen LogP contribution in [0.15, 0.2) is 18.2 Å². The zero-order chi connectivity index (χ0) is 15.0. The Morgan fingerprint density at radius 3 is 2.55 bits per heavy atom. The van der Waals surface area contributed by atoms with Crippen molar-refractivity contribution >= 4 is 0 Å². The predicted molar refractivity (Wildman–Crippen MR) is 81.7 cm³/mol. The summed E-state index contributed by atoms with van der Waals surface area (Å²) in [6, 6.07) is 6.20. The lowest BCUT2D eigenvalue weighted by atomic mass is 10.1. The molecule has 0 aliphatic carbocycles. The highest BCUT2D eigenvalue weighted by Crippen LogP contribution is 2.29. The number of methoxy groups -OCH3 is 2. The molecule has 1 aromatic carbocycles. The van der Waals surface area contributed by atoms with Crippen molar-refractivity contribution in [2.75, 3.05) is 27.4 Å². The van der Waals surface area contributed by atoms with Crippen LogP contribution in [0.1, 0.15) is 38.8 Å². The Balaban J connectivity index is 2.85. The van der Waals surface area contributed by atoms with Crippen molar-refractivity contribution in [2.24, 2.45) is 0 Å². The minimum absolute atomic E-state index is 0.0629. The molecule has 0 amide bonds. The van der Waals surface area contributed by atoms with Crippen molar-refractivity contribution in [3.63, 3.8) is 0 Å². The number of nitrogens with one attached hydrogen (secondary N) is 1. The Kier molecular flexibility index (Phi) is 7.41. The van der Waals surface area contributed by atoms with E-state index in [0.717, 1.165) is 30.0 Å². The summed E-state index contributed by atoms with van der Waals surface area (Å²) in [5.74, 6) is 1.65. The Bertz CT molecular complexity index is 395. The standard InChI is InChI=1S/C16H27NO3/c1-6-9-17-13(3)15-8-7-14(19-5)10-16(15)20-11-12(2)18-4/h7-8,10,12-13,17H,6,9,11H2,1-5H3. The average molecular weight is 281 g/mol. The van der Waals surface area contributed by atoms with Gasteiger partial charge in [0, 0.05) is 24.8 Å². The van der Waals surface area contributed by atoms with Gasteiger partial charge >= 0.3 is 0 Å². The Hall–Kier alpha value is -1.26. The smallest absolute Gasteiger partial charge is 0.127 e. The summed E-state index contributed by atoms with van der Waals surface area (Å²) in [5.41, 5.74) is 1.14. The normalized spacial score (nSPS) is 13.8. The zero-order valence-electron chi connectivity index (χ0n) is 13.2. The van der Waals surface area contributed by atoms with Gasteiger partial charge in [0.15, 0.2) is 0 Å². The summed E-state index contributed by atoms with van der Waals surface area (Å²) in [6.07, 6.45) is 1.17. The number of benzene rings is 1. The first kappa shape index (κ1) is 16.8. The molecule has 0 aliphatic heterocycles. The van der Waals surface area contributed by atoms with Crippen molar-refractivity contribution in [3.8, 4) is 11.5 Å². The van der Waals surface area contributed by atoms with E-state index in [-0.39, 0.29) is 12.1 Å². The lowest BCUT2D eigenvalue weighted by Gasteiger charge is -2.20. The van der Waals surface area contributed by atoms with Gasteiger partial charge in [-0.1, -0.05) is 13.0 Å². The molecule has 0 saturated heterocycles. The van der Waals surface area contributed by atoms with Gasteiger partial charge < -0.3 is 19.5 Å². The molecule has 1 N–H and O–H groups in total. The molecular formula is C16H27NO3. The van der Waals surface area contributed by atoms with Crippen LogP contribution < -0.4 is 14.8 Å². The van der Waals surface area contributed by atoms with E-state index in [1.807, 2.05) is 19.1 Å². The van der Waals surface area contributed by atoms with Gasteiger partial charge in [0.05, 0.1) is 13.2 Å². The van der Waals surface area contributed by atoms with Gasteiger partial charge in [-0.25, -0.2) is 0 Å². The van der Waals surface area contributed by atoms with Crippen molar-refractivity contribution in [2.45, 2.75) is 39.3 Å². The van der Waals surface area contributed by atoms with E-state index in [4.69, 9.17) is 14.2 Å². The number of ether oxygens (including phenoxy) is 3. The van der Waals surface area contributed by atoms with Crippen LogP contribution in [0.5, 0.6) is 11.5 Å². The van der Waals surface area contributed by atoms with E-state index >= 15 is 0 Å². The first-order chi connectivity index (χ1) is 9.62. The zero-order valence-corrected chi connectivity index (χ0v) is 13.2. The fourth-order valence-electron chi connectivity index (χ4n) is 1.87. The molecule has 4 heteroatoms. The van der Waals surface area contributed by atoms with E-state index in [2.05, 4.69) is 25.2 Å². The SMILES string of the molecule is CCCNC(C)c1ccc(OC)cc1OCC(C)OC. The van der Waals surface area contributed by atoms with Crippen molar-refractivity contribution in [1.82, 2.24) is 5.32 Å². The maximum absolute atomic E-state index is 5.89. The molecular weight excluding hydrogens is 254 g/mol. The summed E-state index contributed by atoms with van der Waals surface area (Å²) in [4.78, 5) is 0. The molecule has 0 saturated carbocycles. The quantitative estimate of drug-likeness (QED) is 0.754. The fraction of sp³-hybridized carbons (Fsp3) is 0.625. The van der Waals surface area contributed by atoms with Crippen LogP contribution >= 0.6 is 0 Å². The van der Waals surface area contributed by atoms with E-state index in [9.17, 15) is 0 Å². The number of hydrogen-bond donors (Lipinski definition) is 1. The molecule has 0 spiro atoms. The minimum Gasteiger partial charge on any atom is -0.497 e. The summed E-state index contributed by atoms with van der Waals surface area (Å²) in [5, 5.41) is 3.48. The lowest BCUT2D eigenvalue weighted by Crippen LogP contribution is -2.21. The van der Waals surface area contributed by atoms with Crippen LogP contribution in [-0.2, 0) is 4.74 Å². The average Bonchev–Trinajstić information content (AvgIpc) is 2.49. The minimum atomic E-state index is 0.0629. The molecule has 20 heavy (non-hydrogen) atoms. The van der Waals surface area contributed by atoms with Crippen LogP contribution in [0.2, 0.25) is 0 Å². The molecule has 0 aromatic heterocycles. The fourth-order valence-corrected chi connectivity index (χ4v) is 1.87. The molecule has 1 rings (SSSR count). The first-order valence-corrected chi connectivity index (χ1v) is 7.19. The third-order valence-electron chi connectivity index (χ3n) is 3.26. The van der Waals surface area contributed by atoms with Crippen LogP contribution in [0.3, 0.4) is 0 Å². The van der Waals surface area contributed by atoms with Crippen LogP contribution in [0, 0.1) is 0 Å². The third-order valence-corrected chi connectivity index (χ3v) is 3.26. The van der Waals surface area contributed by atoms with Crippen molar-refractivity contribution < 1.29 is 14.2 Å². The van der Waals surface area contributed by atoms with Gasteiger partial charge in [0.25, 0.3) is 0 Å². The second kappa shape index (κ2) is 8.82. The van der Waals surface area contributed by atoms with Gasteiger partial charge in [-0.15, -0.1) is 0 Å². The molecule has 0 radical (unpaired) electrons. The Labute approximate surface area is 122 Å². The van der Waals surface area contributed by atoms with Crippen LogP contribution in [-0.4, -0.2) is 33.5 Å². The first-order valence-electron chi connectivity index (χ1n) is 7.19. The van der Waals surface area contributed by atoms with Gasteiger partial charge in [-0.3, -0.25) is 0 Å². The third kappa shape index (κ3) is 5.02. The summed E-state index contributed by atoms with van der Waals surface area (Å²) in [7, 11) is 3.35. The summed E-state index contributed by atoms with van der Waals surface area (Å²) in [6.45, 7) is 7.80. The van der Waals surface area contributed by atoms with Crippen LogP contribution in [0.4, 0.5) is 0 Å². The Morgan fingerprint density at radius 1 is 1.20 bits per heavy atom. The van der Waals surface area contributed by atoms with E-state index in [1.54, 1.807) is 14.2 Å². The maximum Gasteiger partial charge on any atom is 0.127 e. The molecule has 0 heterocycles. The summed E-state index contributed by atoms with van der Waals surface area (Å²) >= 11 is 0. The van der Waals surface area contributed by atoms with Gasteiger partial charge in [0.1, 0.15) is 18.1 Å². The van der Waals surface area contributed by atoms with Crippen LogP contribution in [0.25, 0.3) is 0 Å². The van der Waals surface area contributed by atoms with Gasteiger partial charge in [0.2, 0.25) is 0 Å². The molecule has 1 aromatic rings. The molecule has 0 fully saturated rings. The van der Waals surface area contributed by atoms with Crippen molar-refractivity contribution in [3.05, 3.63) is 23.8 Å². The van der Waals surface area contributed by atoms with E-state index in [0.29, 0.717) is 6.61 Å². The highest BCUT2D eigenvalue weighted by atomic mass is 16.5. The second-order valence-corrected chi connectivity index (χ2v) is 4.94. The van der Waals surface area contributed by atoms with E-state index < -0.39 is 0 Å². The molecule has 0 bridgehead atoms. The molecule has 4 nitrogen and oxygen atoms in total. The lowest BCUT2D eigenvalue weighted by molar-refractivity contribution is 0.0710. The van der Waals surface area contributed by atoms with E-state index in [1.165, 1.54) is 0 Å². The summed E-state index contributed by atoms with van der Waals surface area (Å²) < 4.78 is 16.4. The number of rotatable bonds is 9. The Morgan fingerprint density at radius 2 is 1.95 bits per heavy atom. The monoisotopic (exact) mass is 281 g/mol. The molecule has 2 unspecified atom stereocenters. The predicted octanol–water partition coefficient (Wildman–Crippen LogP) is 3.17. The largest absolute Gasteiger partial charge is 0.497 e. The highest BCUT2D eigenvalue weighted by molar-refractivity contribution is 5.42. The van der Waals surface area contributed by atoms with Crippen molar-refractivity contribution in [1.29, 1.82) is 0 Å².